The summed E-state index contributed by atoms with van der Waals surface area (Å²) in [5, 5.41) is 2.72. The first-order valence-corrected chi connectivity index (χ1v) is 10.4. The molecule has 6 nitrogen and oxygen atoms in total. The molecule has 1 amide bonds. The zero-order valence-electron chi connectivity index (χ0n) is 17.9. The van der Waals surface area contributed by atoms with Gasteiger partial charge in [0.1, 0.15) is 18.8 Å². The second-order valence-electron chi connectivity index (χ2n) is 9.78. The van der Waals surface area contributed by atoms with Crippen molar-refractivity contribution < 1.29 is 23.9 Å². The van der Waals surface area contributed by atoms with E-state index in [0.29, 0.717) is 12.5 Å². The van der Waals surface area contributed by atoms with Crippen LogP contribution in [-0.2, 0) is 23.9 Å². The average molecular weight is 392 g/mol. The molecule has 4 atom stereocenters. The van der Waals surface area contributed by atoms with Gasteiger partial charge in [0.15, 0.2) is 0 Å². The first-order chi connectivity index (χ1) is 13.0. The molecule has 1 aliphatic heterocycles. The van der Waals surface area contributed by atoms with Gasteiger partial charge in [-0.05, 0) is 48.5 Å². The lowest BCUT2D eigenvalue weighted by Gasteiger charge is -2.56. The Bertz CT molecular complexity index is 722. The van der Waals surface area contributed by atoms with Gasteiger partial charge in [0, 0.05) is 17.9 Å². The number of esters is 2. The van der Waals surface area contributed by atoms with E-state index in [2.05, 4.69) is 26.1 Å². The van der Waals surface area contributed by atoms with Gasteiger partial charge in [-0.25, -0.2) is 9.59 Å². The lowest BCUT2D eigenvalue weighted by atomic mass is 9.49. The molecule has 0 spiro atoms. The van der Waals surface area contributed by atoms with Crippen molar-refractivity contribution in [3.63, 3.8) is 0 Å². The highest BCUT2D eigenvalue weighted by atomic mass is 16.6. The summed E-state index contributed by atoms with van der Waals surface area (Å²) in [7, 11) is 0. The van der Waals surface area contributed by atoms with Gasteiger partial charge in [0.25, 0.3) is 0 Å². The maximum Gasteiger partial charge on any atom is 0.334 e. The number of carbonyl (C=O) groups is 3. The maximum absolute atomic E-state index is 13.0. The Morgan fingerprint density at radius 1 is 1.21 bits per heavy atom. The quantitative estimate of drug-likeness (QED) is 0.745. The van der Waals surface area contributed by atoms with Crippen molar-refractivity contribution in [1.82, 2.24) is 5.32 Å². The number of ether oxygens (including phenoxy) is 2. The lowest BCUT2D eigenvalue weighted by molar-refractivity contribution is -0.172. The topological polar surface area (TPSA) is 81.7 Å². The van der Waals surface area contributed by atoms with Gasteiger partial charge in [-0.3, -0.25) is 4.79 Å². The number of fused-ring (bicyclic) bond motifs is 2. The standard InChI is InChI=1S/C22H33NO5/c1-12(2)18(23-13(3)24)20(26)28-17-9-10-21(4,5)16-8-7-14-15(22(16,17)6)11-27-19(14)25/h12,16-18H,7-11H2,1-6H3,(H,23,24). The van der Waals surface area contributed by atoms with Crippen LogP contribution in [-0.4, -0.2) is 36.6 Å². The van der Waals surface area contributed by atoms with E-state index in [1.54, 1.807) is 0 Å². The molecule has 4 unspecified atom stereocenters. The Labute approximate surface area is 167 Å². The van der Waals surface area contributed by atoms with Crippen molar-refractivity contribution in [3.8, 4) is 0 Å². The molecule has 28 heavy (non-hydrogen) atoms. The van der Waals surface area contributed by atoms with Gasteiger partial charge in [0.05, 0.1) is 0 Å². The molecule has 0 radical (unpaired) electrons. The van der Waals surface area contributed by atoms with E-state index in [1.807, 2.05) is 13.8 Å². The van der Waals surface area contributed by atoms with E-state index >= 15 is 0 Å². The fraction of sp³-hybridized carbons (Fsp3) is 0.773. The summed E-state index contributed by atoms with van der Waals surface area (Å²) in [5.74, 6) is -0.633. The first kappa shape index (κ1) is 20.9. The molecule has 156 valence electrons. The van der Waals surface area contributed by atoms with Crippen LogP contribution in [0, 0.1) is 22.7 Å². The van der Waals surface area contributed by atoms with Gasteiger partial charge in [-0.2, -0.15) is 0 Å². The maximum atomic E-state index is 13.0. The molecule has 3 aliphatic rings. The minimum atomic E-state index is -0.673. The van der Waals surface area contributed by atoms with E-state index < -0.39 is 17.4 Å². The molecular weight excluding hydrogens is 358 g/mol. The number of hydrogen-bond donors (Lipinski definition) is 1. The Balaban J connectivity index is 1.93. The van der Waals surface area contributed by atoms with E-state index in [4.69, 9.17) is 9.47 Å². The average Bonchev–Trinajstić information content (AvgIpc) is 2.97. The molecule has 1 N–H and O–H groups in total. The van der Waals surface area contributed by atoms with E-state index in [1.165, 1.54) is 6.92 Å². The highest BCUT2D eigenvalue weighted by Crippen LogP contribution is 2.61. The van der Waals surface area contributed by atoms with Gasteiger partial charge in [-0.1, -0.05) is 34.6 Å². The van der Waals surface area contributed by atoms with Crippen molar-refractivity contribution in [2.45, 2.75) is 79.4 Å². The summed E-state index contributed by atoms with van der Waals surface area (Å²) < 4.78 is 11.4. The molecule has 6 heteroatoms. The number of amides is 1. The van der Waals surface area contributed by atoms with Crippen molar-refractivity contribution >= 4 is 17.8 Å². The number of hydrogen-bond acceptors (Lipinski definition) is 5. The van der Waals surface area contributed by atoms with Crippen LogP contribution in [0.5, 0.6) is 0 Å². The number of carbonyl (C=O) groups excluding carboxylic acids is 3. The third-order valence-electron chi connectivity index (χ3n) is 7.22. The molecule has 3 rings (SSSR count). The molecule has 2 aliphatic carbocycles. The molecule has 0 bridgehead atoms. The van der Waals surface area contributed by atoms with Gasteiger partial charge in [0.2, 0.25) is 5.91 Å². The fourth-order valence-electron chi connectivity index (χ4n) is 5.68. The van der Waals surface area contributed by atoms with Crippen molar-refractivity contribution in [2.24, 2.45) is 22.7 Å². The third-order valence-corrected chi connectivity index (χ3v) is 7.22. The van der Waals surface area contributed by atoms with Crippen molar-refractivity contribution in [3.05, 3.63) is 11.1 Å². The molecule has 0 saturated heterocycles. The Hall–Kier alpha value is -1.85. The van der Waals surface area contributed by atoms with E-state index in [9.17, 15) is 14.4 Å². The van der Waals surface area contributed by atoms with Crippen LogP contribution in [0.15, 0.2) is 11.1 Å². The number of cyclic esters (lactones) is 1. The van der Waals surface area contributed by atoms with Crippen LogP contribution in [0.3, 0.4) is 0 Å². The summed E-state index contributed by atoms with van der Waals surface area (Å²) >= 11 is 0. The lowest BCUT2D eigenvalue weighted by Crippen LogP contribution is -2.56. The molecule has 0 aromatic carbocycles. The highest BCUT2D eigenvalue weighted by Gasteiger charge is 2.59. The van der Waals surface area contributed by atoms with E-state index in [-0.39, 0.29) is 29.3 Å². The minimum absolute atomic E-state index is 0.0717. The summed E-state index contributed by atoms with van der Waals surface area (Å²) in [5.41, 5.74) is 1.46. The van der Waals surface area contributed by atoms with Crippen LogP contribution in [0.4, 0.5) is 0 Å². The van der Waals surface area contributed by atoms with Gasteiger partial charge < -0.3 is 14.8 Å². The molecule has 0 aromatic heterocycles. The number of nitrogens with one attached hydrogen (secondary N) is 1. The summed E-state index contributed by atoms with van der Waals surface area (Å²) in [6.45, 7) is 12.2. The molecule has 0 aromatic rings. The second-order valence-corrected chi connectivity index (χ2v) is 9.78. The summed E-state index contributed by atoms with van der Waals surface area (Å²) in [4.78, 5) is 36.7. The summed E-state index contributed by atoms with van der Waals surface area (Å²) in [6, 6.07) is -0.673. The smallest absolute Gasteiger partial charge is 0.334 e. The second kappa shape index (κ2) is 7.20. The van der Waals surface area contributed by atoms with Crippen molar-refractivity contribution in [1.29, 1.82) is 0 Å². The molecular formula is C22H33NO5. The van der Waals surface area contributed by atoms with Crippen LogP contribution in [0.2, 0.25) is 0 Å². The zero-order valence-corrected chi connectivity index (χ0v) is 17.9. The predicted octanol–water partition coefficient (Wildman–Crippen LogP) is 3.15. The Morgan fingerprint density at radius 2 is 1.89 bits per heavy atom. The Kier molecular flexibility index (Phi) is 5.36. The monoisotopic (exact) mass is 391 g/mol. The minimum Gasteiger partial charge on any atom is -0.460 e. The molecule has 1 heterocycles. The molecule has 1 saturated carbocycles. The Morgan fingerprint density at radius 3 is 2.50 bits per heavy atom. The van der Waals surface area contributed by atoms with Crippen LogP contribution in [0.1, 0.15) is 67.2 Å². The van der Waals surface area contributed by atoms with Crippen LogP contribution in [0.25, 0.3) is 0 Å². The largest absolute Gasteiger partial charge is 0.460 e. The molecule has 1 fully saturated rings. The number of rotatable bonds is 4. The third kappa shape index (κ3) is 3.35. The fourth-order valence-corrected chi connectivity index (χ4v) is 5.68. The van der Waals surface area contributed by atoms with Crippen molar-refractivity contribution in [2.75, 3.05) is 6.61 Å². The van der Waals surface area contributed by atoms with Crippen LogP contribution < -0.4 is 5.32 Å². The summed E-state index contributed by atoms with van der Waals surface area (Å²) in [6.07, 6.45) is 2.99. The SMILES string of the molecule is CC(=O)NC(C(=O)OC1CCC(C)(C)C2CCC3=C(COC3=O)C12C)C(C)C. The predicted molar refractivity (Wildman–Crippen MR) is 104 cm³/mol. The van der Waals surface area contributed by atoms with Gasteiger partial charge in [-0.15, -0.1) is 0 Å². The first-order valence-electron chi connectivity index (χ1n) is 10.4. The highest BCUT2D eigenvalue weighted by molar-refractivity contribution is 5.92. The normalized spacial score (nSPS) is 32.3. The zero-order chi connectivity index (χ0) is 20.9. The van der Waals surface area contributed by atoms with Gasteiger partial charge >= 0.3 is 11.9 Å². The van der Waals surface area contributed by atoms with Crippen LogP contribution >= 0.6 is 0 Å². The van der Waals surface area contributed by atoms with E-state index in [0.717, 1.165) is 36.8 Å².